The lowest BCUT2D eigenvalue weighted by Gasteiger charge is -2.19. The highest BCUT2D eigenvalue weighted by molar-refractivity contribution is 6.33. The van der Waals surface area contributed by atoms with Crippen LogP contribution < -0.4 is 11.1 Å². The number of aromatic nitrogens is 1. The van der Waals surface area contributed by atoms with Gasteiger partial charge in [0.15, 0.2) is 0 Å². The van der Waals surface area contributed by atoms with Crippen molar-refractivity contribution in [3.05, 3.63) is 17.3 Å². The SMILES string of the molecule is CCCN(CC)CCNc1ncc(N)cc1Cl. The Morgan fingerprint density at radius 2 is 2.18 bits per heavy atom. The molecule has 0 atom stereocenters. The Morgan fingerprint density at radius 3 is 2.76 bits per heavy atom. The average molecular weight is 257 g/mol. The summed E-state index contributed by atoms with van der Waals surface area (Å²) in [4.78, 5) is 6.55. The molecule has 96 valence electrons. The zero-order valence-electron chi connectivity index (χ0n) is 10.5. The first-order valence-corrected chi connectivity index (χ1v) is 6.42. The van der Waals surface area contributed by atoms with Gasteiger partial charge in [0.25, 0.3) is 0 Å². The monoisotopic (exact) mass is 256 g/mol. The lowest BCUT2D eigenvalue weighted by molar-refractivity contribution is 0.300. The normalized spacial score (nSPS) is 10.8. The molecule has 4 nitrogen and oxygen atoms in total. The van der Waals surface area contributed by atoms with E-state index < -0.39 is 0 Å². The van der Waals surface area contributed by atoms with Gasteiger partial charge in [-0.05, 0) is 25.6 Å². The summed E-state index contributed by atoms with van der Waals surface area (Å²) in [5.74, 6) is 0.702. The molecular formula is C12H21ClN4. The Hall–Kier alpha value is -1.00. The van der Waals surface area contributed by atoms with Gasteiger partial charge in [-0.1, -0.05) is 25.4 Å². The standard InChI is InChI=1S/C12H21ClN4/c1-3-6-17(4-2)7-5-15-12-11(13)8-10(14)9-16-12/h8-9H,3-7,14H2,1-2H3,(H,15,16). The predicted molar refractivity (Wildman–Crippen MR) is 74.6 cm³/mol. The van der Waals surface area contributed by atoms with Crippen LogP contribution in [0.25, 0.3) is 0 Å². The van der Waals surface area contributed by atoms with Crippen LogP contribution in [0, 0.1) is 0 Å². The first-order chi connectivity index (χ1) is 8.17. The Kier molecular flexibility index (Phi) is 6.08. The van der Waals surface area contributed by atoms with Crippen LogP contribution in [0.5, 0.6) is 0 Å². The third-order valence-electron chi connectivity index (χ3n) is 2.57. The number of rotatable bonds is 7. The van der Waals surface area contributed by atoms with Crippen molar-refractivity contribution in [1.29, 1.82) is 0 Å². The van der Waals surface area contributed by atoms with Crippen LogP contribution in [0.15, 0.2) is 12.3 Å². The fraction of sp³-hybridized carbons (Fsp3) is 0.583. The van der Waals surface area contributed by atoms with Gasteiger partial charge in [-0.2, -0.15) is 0 Å². The van der Waals surface area contributed by atoms with Crippen LogP contribution in [-0.2, 0) is 0 Å². The zero-order chi connectivity index (χ0) is 12.7. The third-order valence-corrected chi connectivity index (χ3v) is 2.86. The molecule has 1 aromatic heterocycles. The van der Waals surface area contributed by atoms with E-state index in [9.17, 15) is 0 Å². The third kappa shape index (κ3) is 4.79. The molecule has 0 aliphatic rings. The second kappa shape index (κ2) is 7.35. The summed E-state index contributed by atoms with van der Waals surface area (Å²) in [5.41, 5.74) is 6.17. The molecule has 5 heteroatoms. The molecule has 0 saturated heterocycles. The molecule has 1 heterocycles. The van der Waals surface area contributed by atoms with Crippen LogP contribution in [0.4, 0.5) is 11.5 Å². The van der Waals surface area contributed by atoms with Crippen molar-refractivity contribution in [2.75, 3.05) is 37.2 Å². The summed E-state index contributed by atoms with van der Waals surface area (Å²) < 4.78 is 0. The first kappa shape index (κ1) is 14.1. The number of nitrogens with one attached hydrogen (secondary N) is 1. The van der Waals surface area contributed by atoms with E-state index in [-0.39, 0.29) is 0 Å². The van der Waals surface area contributed by atoms with E-state index in [4.69, 9.17) is 17.3 Å². The molecule has 1 rings (SSSR count). The molecule has 3 N–H and O–H groups in total. The smallest absolute Gasteiger partial charge is 0.144 e. The van der Waals surface area contributed by atoms with Crippen LogP contribution in [0.3, 0.4) is 0 Å². The minimum atomic E-state index is 0.573. The van der Waals surface area contributed by atoms with Gasteiger partial charge < -0.3 is 16.0 Å². The summed E-state index contributed by atoms with van der Waals surface area (Å²) in [6, 6.07) is 1.71. The molecule has 0 spiro atoms. The van der Waals surface area contributed by atoms with Gasteiger partial charge in [-0.3, -0.25) is 0 Å². The number of likely N-dealkylation sites (N-methyl/N-ethyl adjacent to an activating group) is 1. The first-order valence-electron chi connectivity index (χ1n) is 6.04. The van der Waals surface area contributed by atoms with Crippen molar-refractivity contribution in [1.82, 2.24) is 9.88 Å². The molecular weight excluding hydrogens is 236 g/mol. The number of hydrogen-bond donors (Lipinski definition) is 2. The summed E-state index contributed by atoms with van der Waals surface area (Å²) in [5, 5.41) is 3.80. The van der Waals surface area contributed by atoms with E-state index in [1.807, 2.05) is 0 Å². The van der Waals surface area contributed by atoms with Crippen molar-refractivity contribution < 1.29 is 0 Å². The van der Waals surface area contributed by atoms with E-state index >= 15 is 0 Å². The number of hydrogen-bond acceptors (Lipinski definition) is 4. The minimum Gasteiger partial charge on any atom is -0.397 e. The molecule has 0 amide bonds. The number of nitrogens with zero attached hydrogens (tertiary/aromatic N) is 2. The van der Waals surface area contributed by atoms with Crippen molar-refractivity contribution in [2.24, 2.45) is 0 Å². The summed E-state index contributed by atoms with van der Waals surface area (Å²) in [6.07, 6.45) is 2.78. The van der Waals surface area contributed by atoms with Gasteiger partial charge in [0.1, 0.15) is 5.82 Å². The highest BCUT2D eigenvalue weighted by atomic mass is 35.5. The number of anilines is 2. The molecule has 0 bridgehead atoms. The van der Waals surface area contributed by atoms with Crippen LogP contribution in [0.2, 0.25) is 5.02 Å². The largest absolute Gasteiger partial charge is 0.397 e. The average Bonchev–Trinajstić information content (AvgIpc) is 2.30. The van der Waals surface area contributed by atoms with Gasteiger partial charge in [-0.25, -0.2) is 4.98 Å². The summed E-state index contributed by atoms with van der Waals surface area (Å²) in [7, 11) is 0. The van der Waals surface area contributed by atoms with Gasteiger partial charge in [0, 0.05) is 13.1 Å². The van der Waals surface area contributed by atoms with Crippen molar-refractivity contribution in [2.45, 2.75) is 20.3 Å². The number of pyridine rings is 1. The summed E-state index contributed by atoms with van der Waals surface area (Å²) >= 11 is 6.02. The quantitative estimate of drug-likeness (QED) is 0.787. The second-order valence-corrected chi connectivity index (χ2v) is 4.37. The van der Waals surface area contributed by atoms with E-state index in [0.717, 1.165) is 26.2 Å². The maximum Gasteiger partial charge on any atom is 0.144 e. The highest BCUT2D eigenvalue weighted by Crippen LogP contribution is 2.20. The topological polar surface area (TPSA) is 54.2 Å². The Morgan fingerprint density at radius 1 is 1.41 bits per heavy atom. The Bertz CT molecular complexity index is 343. The number of nitrogens with two attached hydrogens (primary N) is 1. The van der Waals surface area contributed by atoms with E-state index in [2.05, 4.69) is 29.0 Å². The molecule has 0 aromatic carbocycles. The maximum absolute atomic E-state index is 6.02. The van der Waals surface area contributed by atoms with E-state index in [0.29, 0.717) is 16.5 Å². The van der Waals surface area contributed by atoms with E-state index in [1.165, 1.54) is 6.42 Å². The molecule has 0 saturated carbocycles. The molecule has 0 aliphatic carbocycles. The summed E-state index contributed by atoms with van der Waals surface area (Å²) in [6.45, 7) is 8.38. The van der Waals surface area contributed by atoms with E-state index in [1.54, 1.807) is 12.3 Å². The van der Waals surface area contributed by atoms with Gasteiger partial charge in [0.2, 0.25) is 0 Å². The molecule has 0 fully saturated rings. The zero-order valence-corrected chi connectivity index (χ0v) is 11.3. The lowest BCUT2D eigenvalue weighted by atomic mass is 10.4. The molecule has 0 radical (unpaired) electrons. The fourth-order valence-electron chi connectivity index (χ4n) is 1.66. The minimum absolute atomic E-state index is 0.573. The maximum atomic E-state index is 6.02. The molecule has 0 unspecified atom stereocenters. The lowest BCUT2D eigenvalue weighted by Crippen LogP contribution is -2.29. The Labute approximate surface area is 108 Å². The Balaban J connectivity index is 2.39. The van der Waals surface area contributed by atoms with Gasteiger partial charge in [0.05, 0.1) is 16.9 Å². The second-order valence-electron chi connectivity index (χ2n) is 3.96. The predicted octanol–water partition coefficient (Wildman–Crippen LogP) is 2.46. The van der Waals surface area contributed by atoms with Crippen molar-refractivity contribution in [3.8, 4) is 0 Å². The number of halogens is 1. The van der Waals surface area contributed by atoms with Gasteiger partial charge >= 0.3 is 0 Å². The molecule has 17 heavy (non-hydrogen) atoms. The van der Waals surface area contributed by atoms with Crippen molar-refractivity contribution in [3.63, 3.8) is 0 Å². The van der Waals surface area contributed by atoms with Crippen LogP contribution in [-0.4, -0.2) is 36.1 Å². The van der Waals surface area contributed by atoms with Gasteiger partial charge in [-0.15, -0.1) is 0 Å². The van der Waals surface area contributed by atoms with Crippen LogP contribution >= 0.6 is 11.6 Å². The van der Waals surface area contributed by atoms with Crippen LogP contribution in [0.1, 0.15) is 20.3 Å². The molecule has 0 aliphatic heterocycles. The van der Waals surface area contributed by atoms with Crippen molar-refractivity contribution >= 4 is 23.1 Å². The fourth-order valence-corrected chi connectivity index (χ4v) is 1.90. The highest BCUT2D eigenvalue weighted by Gasteiger charge is 2.03. The molecule has 1 aromatic rings. The number of nitrogen functional groups attached to an aromatic ring is 1.